The van der Waals surface area contributed by atoms with Crippen LogP contribution in [0.1, 0.15) is 16.7 Å². The second-order valence-corrected chi connectivity index (χ2v) is 6.89. The predicted octanol–water partition coefficient (Wildman–Crippen LogP) is 3.91. The minimum Gasteiger partial charge on any atom is -0.392 e. The summed E-state index contributed by atoms with van der Waals surface area (Å²) < 4.78 is 0. The van der Waals surface area contributed by atoms with Crippen LogP contribution in [0, 0.1) is 11.3 Å². The van der Waals surface area contributed by atoms with E-state index in [-0.39, 0.29) is 23.8 Å². The number of aliphatic hydroxyl groups excluding tert-OH is 1. The number of H-pyrrole nitrogens is 1. The standard InChI is InChI=1S/C25H19N5O2/c26-14-22-23(17-8-2-1-3-9-17)28-25(29-24(22)32)30-27-15-18-10-4-6-12-20(18)21-13-7-5-11-19(21)16-31/h1-13,15,31H,16H2,(H2,28,29,30,32). The molecule has 3 aromatic carbocycles. The lowest BCUT2D eigenvalue weighted by Crippen LogP contribution is -2.16. The first-order valence-electron chi connectivity index (χ1n) is 9.88. The van der Waals surface area contributed by atoms with Crippen LogP contribution in [0.2, 0.25) is 0 Å². The first-order chi connectivity index (χ1) is 15.7. The van der Waals surface area contributed by atoms with Gasteiger partial charge in [0.1, 0.15) is 11.6 Å². The van der Waals surface area contributed by atoms with Gasteiger partial charge >= 0.3 is 0 Å². The van der Waals surface area contributed by atoms with Gasteiger partial charge in [0.15, 0.2) is 0 Å². The smallest absolute Gasteiger partial charge is 0.270 e. The second-order valence-electron chi connectivity index (χ2n) is 6.89. The Balaban J connectivity index is 1.66. The van der Waals surface area contributed by atoms with E-state index in [2.05, 4.69) is 20.5 Å². The monoisotopic (exact) mass is 421 g/mol. The van der Waals surface area contributed by atoms with Gasteiger partial charge in [-0.2, -0.15) is 10.4 Å². The molecule has 0 radical (unpaired) electrons. The molecular weight excluding hydrogens is 402 g/mol. The number of nitriles is 1. The molecule has 0 aliphatic carbocycles. The molecule has 4 aromatic rings. The number of aromatic amines is 1. The molecule has 156 valence electrons. The lowest BCUT2D eigenvalue weighted by molar-refractivity contribution is 0.282. The highest BCUT2D eigenvalue weighted by Gasteiger charge is 2.13. The van der Waals surface area contributed by atoms with Gasteiger partial charge in [-0.3, -0.25) is 9.78 Å². The van der Waals surface area contributed by atoms with Crippen LogP contribution in [-0.4, -0.2) is 21.3 Å². The van der Waals surface area contributed by atoms with E-state index in [9.17, 15) is 15.2 Å². The van der Waals surface area contributed by atoms with Gasteiger partial charge < -0.3 is 5.11 Å². The molecule has 0 aliphatic heterocycles. The van der Waals surface area contributed by atoms with Crippen molar-refractivity contribution in [3.8, 4) is 28.5 Å². The molecule has 1 heterocycles. The first-order valence-corrected chi connectivity index (χ1v) is 9.88. The van der Waals surface area contributed by atoms with E-state index in [1.165, 1.54) is 0 Å². The first kappa shape index (κ1) is 20.7. The van der Waals surface area contributed by atoms with Crippen molar-refractivity contribution < 1.29 is 5.11 Å². The molecule has 1 aromatic heterocycles. The molecular formula is C25H19N5O2. The summed E-state index contributed by atoms with van der Waals surface area (Å²) in [5.74, 6) is 0.123. The van der Waals surface area contributed by atoms with Crippen LogP contribution >= 0.6 is 0 Å². The zero-order valence-corrected chi connectivity index (χ0v) is 17.0. The van der Waals surface area contributed by atoms with Crippen LogP contribution < -0.4 is 11.0 Å². The van der Waals surface area contributed by atoms with Crippen LogP contribution in [0.25, 0.3) is 22.4 Å². The zero-order valence-electron chi connectivity index (χ0n) is 17.0. The number of aromatic nitrogens is 2. The fraction of sp³-hybridized carbons (Fsp3) is 0.0400. The summed E-state index contributed by atoms with van der Waals surface area (Å²) in [6.45, 7) is -0.0709. The Labute approximate surface area is 184 Å². The number of anilines is 1. The van der Waals surface area contributed by atoms with Crippen molar-refractivity contribution >= 4 is 12.2 Å². The van der Waals surface area contributed by atoms with Crippen molar-refractivity contribution in [2.45, 2.75) is 6.61 Å². The maximum Gasteiger partial charge on any atom is 0.270 e. The number of benzene rings is 3. The maximum absolute atomic E-state index is 12.4. The number of aliphatic hydroxyl groups is 1. The van der Waals surface area contributed by atoms with Gasteiger partial charge in [0, 0.05) is 11.1 Å². The molecule has 7 nitrogen and oxygen atoms in total. The molecule has 0 unspecified atom stereocenters. The molecule has 0 fully saturated rings. The maximum atomic E-state index is 12.4. The van der Waals surface area contributed by atoms with E-state index in [1.54, 1.807) is 18.3 Å². The minimum absolute atomic E-state index is 0.0586. The number of rotatable bonds is 6. The van der Waals surface area contributed by atoms with Crippen LogP contribution in [0.5, 0.6) is 0 Å². The Morgan fingerprint density at radius 1 is 1.00 bits per heavy atom. The van der Waals surface area contributed by atoms with Crippen molar-refractivity contribution in [3.05, 3.63) is 106 Å². The van der Waals surface area contributed by atoms with Gasteiger partial charge in [-0.15, -0.1) is 0 Å². The second kappa shape index (κ2) is 9.51. The van der Waals surface area contributed by atoms with Crippen LogP contribution in [0.15, 0.2) is 88.8 Å². The SMILES string of the molecule is N#Cc1c(-c2ccccc2)nc(NN=Cc2ccccc2-c2ccccc2CO)[nH]c1=O. The number of hydrogen-bond donors (Lipinski definition) is 3. The third-order valence-electron chi connectivity index (χ3n) is 4.89. The molecule has 0 aliphatic rings. The normalized spacial score (nSPS) is 10.8. The fourth-order valence-electron chi connectivity index (χ4n) is 3.37. The number of nitrogens with zero attached hydrogens (tertiary/aromatic N) is 3. The molecule has 3 N–H and O–H groups in total. The van der Waals surface area contributed by atoms with Gasteiger partial charge in [0.25, 0.3) is 5.56 Å². The average molecular weight is 421 g/mol. The molecule has 0 atom stereocenters. The van der Waals surface area contributed by atoms with Gasteiger partial charge in [-0.25, -0.2) is 10.4 Å². The molecule has 0 spiro atoms. The van der Waals surface area contributed by atoms with Crippen LogP contribution in [0.4, 0.5) is 5.95 Å². The average Bonchev–Trinajstić information content (AvgIpc) is 2.84. The Hall–Kier alpha value is -4.54. The minimum atomic E-state index is -0.545. The highest BCUT2D eigenvalue weighted by atomic mass is 16.3. The number of hydrazone groups is 1. The molecule has 0 amide bonds. The summed E-state index contributed by atoms with van der Waals surface area (Å²) in [5.41, 5.74) is 6.54. The van der Waals surface area contributed by atoms with Gasteiger partial charge in [0.2, 0.25) is 5.95 Å². The molecule has 4 rings (SSSR count). The largest absolute Gasteiger partial charge is 0.392 e. The van der Waals surface area contributed by atoms with Gasteiger partial charge in [-0.05, 0) is 16.7 Å². The molecule has 0 bridgehead atoms. The summed E-state index contributed by atoms with van der Waals surface area (Å²) in [7, 11) is 0. The van der Waals surface area contributed by atoms with Crippen molar-refractivity contribution in [1.82, 2.24) is 9.97 Å². The van der Waals surface area contributed by atoms with Crippen molar-refractivity contribution in [2.75, 3.05) is 5.43 Å². The van der Waals surface area contributed by atoms with E-state index in [4.69, 9.17) is 0 Å². The summed E-state index contributed by atoms with van der Waals surface area (Å²) in [6.07, 6.45) is 1.61. The van der Waals surface area contributed by atoms with Crippen LogP contribution in [-0.2, 0) is 6.61 Å². The number of nitrogens with one attached hydrogen (secondary N) is 2. The number of hydrogen-bond acceptors (Lipinski definition) is 6. The van der Waals surface area contributed by atoms with Crippen LogP contribution in [0.3, 0.4) is 0 Å². The zero-order chi connectivity index (χ0) is 22.3. The Morgan fingerprint density at radius 2 is 1.69 bits per heavy atom. The molecule has 32 heavy (non-hydrogen) atoms. The quantitative estimate of drug-likeness (QED) is 0.323. The Morgan fingerprint density at radius 3 is 2.44 bits per heavy atom. The lowest BCUT2D eigenvalue weighted by atomic mass is 9.96. The topological polar surface area (TPSA) is 114 Å². The van der Waals surface area contributed by atoms with E-state index >= 15 is 0 Å². The van der Waals surface area contributed by atoms with Crippen molar-refractivity contribution in [1.29, 1.82) is 5.26 Å². The third kappa shape index (κ3) is 4.31. The van der Waals surface area contributed by atoms with Crippen molar-refractivity contribution in [3.63, 3.8) is 0 Å². The molecule has 7 heteroatoms. The Bertz CT molecular complexity index is 1370. The lowest BCUT2D eigenvalue weighted by Gasteiger charge is -2.10. The Kier molecular flexibility index (Phi) is 6.16. The summed E-state index contributed by atoms with van der Waals surface area (Å²) in [5, 5.41) is 23.3. The van der Waals surface area contributed by atoms with Gasteiger partial charge in [0.05, 0.1) is 18.5 Å². The van der Waals surface area contributed by atoms with Crippen molar-refractivity contribution in [2.24, 2.45) is 5.10 Å². The van der Waals surface area contributed by atoms with E-state index < -0.39 is 5.56 Å². The third-order valence-corrected chi connectivity index (χ3v) is 4.89. The van der Waals surface area contributed by atoms with E-state index in [1.807, 2.05) is 72.8 Å². The summed E-state index contributed by atoms with van der Waals surface area (Å²) in [4.78, 5) is 19.3. The predicted molar refractivity (Wildman–Crippen MR) is 124 cm³/mol. The fourth-order valence-corrected chi connectivity index (χ4v) is 3.37. The molecule has 0 saturated carbocycles. The summed E-state index contributed by atoms with van der Waals surface area (Å²) >= 11 is 0. The van der Waals surface area contributed by atoms with E-state index in [0.29, 0.717) is 5.56 Å². The molecule has 0 saturated heterocycles. The van der Waals surface area contributed by atoms with Gasteiger partial charge in [-0.1, -0.05) is 78.9 Å². The van der Waals surface area contributed by atoms with E-state index in [0.717, 1.165) is 22.3 Å². The highest BCUT2D eigenvalue weighted by Crippen LogP contribution is 2.26. The summed E-state index contributed by atoms with van der Waals surface area (Å²) in [6, 6.07) is 26.2. The highest BCUT2D eigenvalue weighted by molar-refractivity contribution is 5.91.